The Morgan fingerprint density at radius 2 is 1.92 bits per heavy atom. The summed E-state index contributed by atoms with van der Waals surface area (Å²) in [4.78, 5) is 9.78. The van der Waals surface area contributed by atoms with E-state index in [4.69, 9.17) is 9.72 Å². The van der Waals surface area contributed by atoms with Crippen molar-refractivity contribution in [3.63, 3.8) is 0 Å². The zero-order valence-corrected chi connectivity index (χ0v) is 15.0. The van der Waals surface area contributed by atoms with E-state index in [1.165, 1.54) is 36.1 Å². The third-order valence-corrected chi connectivity index (χ3v) is 5.36. The SMILES string of the molecule is Cc1cc(C2CCCN2Cc2ccccc2)cnc1N1CCOCC1. The van der Waals surface area contributed by atoms with Gasteiger partial charge in [0.15, 0.2) is 0 Å². The van der Waals surface area contributed by atoms with Gasteiger partial charge in [0, 0.05) is 31.9 Å². The molecule has 0 aliphatic carbocycles. The van der Waals surface area contributed by atoms with Gasteiger partial charge < -0.3 is 9.64 Å². The zero-order chi connectivity index (χ0) is 17.1. The highest BCUT2D eigenvalue weighted by Gasteiger charge is 2.27. The van der Waals surface area contributed by atoms with Gasteiger partial charge in [-0.1, -0.05) is 30.3 Å². The molecule has 25 heavy (non-hydrogen) atoms. The van der Waals surface area contributed by atoms with E-state index in [0.29, 0.717) is 6.04 Å². The number of morpholine rings is 1. The molecule has 4 heteroatoms. The lowest BCUT2D eigenvalue weighted by molar-refractivity contribution is 0.122. The first-order valence-corrected chi connectivity index (χ1v) is 9.38. The second-order valence-corrected chi connectivity index (χ2v) is 7.12. The van der Waals surface area contributed by atoms with Gasteiger partial charge >= 0.3 is 0 Å². The molecular formula is C21H27N3O. The van der Waals surface area contributed by atoms with E-state index in [0.717, 1.165) is 38.7 Å². The van der Waals surface area contributed by atoms with Crippen LogP contribution in [0.15, 0.2) is 42.6 Å². The molecule has 3 heterocycles. The minimum Gasteiger partial charge on any atom is -0.378 e. The van der Waals surface area contributed by atoms with E-state index in [2.05, 4.69) is 59.3 Å². The minimum atomic E-state index is 0.491. The number of aromatic nitrogens is 1. The first-order valence-electron chi connectivity index (χ1n) is 9.38. The van der Waals surface area contributed by atoms with Gasteiger partial charge in [-0.2, -0.15) is 0 Å². The molecule has 0 bridgehead atoms. The van der Waals surface area contributed by atoms with E-state index >= 15 is 0 Å². The summed E-state index contributed by atoms with van der Waals surface area (Å²) in [5.41, 5.74) is 4.04. The van der Waals surface area contributed by atoms with Crippen molar-refractivity contribution in [2.24, 2.45) is 0 Å². The maximum Gasteiger partial charge on any atom is 0.131 e. The number of pyridine rings is 1. The predicted octanol–water partition coefficient (Wildman–Crippen LogP) is 3.56. The van der Waals surface area contributed by atoms with Crippen molar-refractivity contribution < 1.29 is 4.74 Å². The molecule has 0 spiro atoms. The zero-order valence-electron chi connectivity index (χ0n) is 15.0. The lowest BCUT2D eigenvalue weighted by Crippen LogP contribution is -2.37. The molecule has 1 unspecified atom stereocenters. The van der Waals surface area contributed by atoms with E-state index < -0.39 is 0 Å². The summed E-state index contributed by atoms with van der Waals surface area (Å²) in [6.07, 6.45) is 4.60. The van der Waals surface area contributed by atoms with Crippen LogP contribution in [0.4, 0.5) is 5.82 Å². The van der Waals surface area contributed by atoms with Crippen molar-refractivity contribution in [2.75, 3.05) is 37.7 Å². The van der Waals surface area contributed by atoms with Gasteiger partial charge in [0.05, 0.1) is 13.2 Å². The van der Waals surface area contributed by atoms with Crippen LogP contribution in [0.25, 0.3) is 0 Å². The van der Waals surface area contributed by atoms with Crippen molar-refractivity contribution >= 4 is 5.82 Å². The lowest BCUT2D eigenvalue weighted by atomic mass is 10.0. The Kier molecular flexibility index (Phi) is 4.99. The van der Waals surface area contributed by atoms with Crippen LogP contribution in [0, 0.1) is 6.92 Å². The van der Waals surface area contributed by atoms with Gasteiger partial charge in [-0.05, 0) is 49.1 Å². The molecule has 132 valence electrons. The molecule has 2 aromatic rings. The van der Waals surface area contributed by atoms with Gasteiger partial charge in [0.1, 0.15) is 5.82 Å². The number of ether oxygens (including phenoxy) is 1. The molecule has 1 atom stereocenters. The third-order valence-electron chi connectivity index (χ3n) is 5.36. The van der Waals surface area contributed by atoms with Gasteiger partial charge in [0.25, 0.3) is 0 Å². The smallest absolute Gasteiger partial charge is 0.131 e. The molecular weight excluding hydrogens is 310 g/mol. The summed E-state index contributed by atoms with van der Waals surface area (Å²) in [5.74, 6) is 1.12. The Balaban J connectivity index is 1.51. The first-order chi connectivity index (χ1) is 12.3. The molecule has 4 rings (SSSR count). The minimum absolute atomic E-state index is 0.491. The number of anilines is 1. The fourth-order valence-corrected chi connectivity index (χ4v) is 4.09. The van der Waals surface area contributed by atoms with Gasteiger partial charge in [-0.25, -0.2) is 4.98 Å². The Morgan fingerprint density at radius 1 is 1.12 bits per heavy atom. The van der Waals surface area contributed by atoms with Crippen molar-refractivity contribution in [3.8, 4) is 0 Å². The molecule has 1 aromatic carbocycles. The van der Waals surface area contributed by atoms with Gasteiger partial charge in [0.2, 0.25) is 0 Å². The lowest BCUT2D eigenvalue weighted by Gasteiger charge is -2.30. The van der Waals surface area contributed by atoms with E-state index in [-0.39, 0.29) is 0 Å². The number of rotatable bonds is 4. The highest BCUT2D eigenvalue weighted by molar-refractivity contribution is 5.48. The predicted molar refractivity (Wildman–Crippen MR) is 101 cm³/mol. The van der Waals surface area contributed by atoms with Crippen LogP contribution in [0.5, 0.6) is 0 Å². The summed E-state index contributed by atoms with van der Waals surface area (Å²) in [7, 11) is 0. The molecule has 2 fully saturated rings. The maximum atomic E-state index is 5.46. The van der Waals surface area contributed by atoms with Crippen LogP contribution < -0.4 is 4.90 Å². The number of hydrogen-bond donors (Lipinski definition) is 0. The number of hydrogen-bond acceptors (Lipinski definition) is 4. The standard InChI is InChI=1S/C21H27N3O/c1-17-14-19(15-22-21(17)23-10-12-25-13-11-23)20-8-5-9-24(20)16-18-6-3-2-4-7-18/h2-4,6-7,14-15,20H,5,8-13,16H2,1H3. The topological polar surface area (TPSA) is 28.6 Å². The van der Waals surface area contributed by atoms with Crippen molar-refractivity contribution in [1.82, 2.24) is 9.88 Å². The number of nitrogens with zero attached hydrogens (tertiary/aromatic N) is 3. The van der Waals surface area contributed by atoms with Crippen LogP contribution in [0.3, 0.4) is 0 Å². The van der Waals surface area contributed by atoms with Gasteiger partial charge in [-0.3, -0.25) is 4.90 Å². The monoisotopic (exact) mass is 337 g/mol. The quantitative estimate of drug-likeness (QED) is 0.853. The van der Waals surface area contributed by atoms with E-state index in [1.807, 2.05) is 0 Å². The van der Waals surface area contributed by atoms with Crippen LogP contribution in [-0.2, 0) is 11.3 Å². The molecule has 4 nitrogen and oxygen atoms in total. The van der Waals surface area contributed by atoms with Crippen molar-refractivity contribution in [1.29, 1.82) is 0 Å². The van der Waals surface area contributed by atoms with Crippen molar-refractivity contribution in [2.45, 2.75) is 32.4 Å². The highest BCUT2D eigenvalue weighted by atomic mass is 16.5. The fraction of sp³-hybridized carbons (Fsp3) is 0.476. The molecule has 0 saturated carbocycles. The summed E-state index contributed by atoms with van der Waals surface area (Å²) >= 11 is 0. The molecule has 0 radical (unpaired) electrons. The normalized spacial score (nSPS) is 21.6. The number of benzene rings is 1. The van der Waals surface area contributed by atoms with Crippen LogP contribution >= 0.6 is 0 Å². The Morgan fingerprint density at radius 3 is 2.68 bits per heavy atom. The molecule has 2 aliphatic rings. The average molecular weight is 337 g/mol. The largest absolute Gasteiger partial charge is 0.378 e. The molecule has 2 aliphatic heterocycles. The molecule has 0 amide bonds. The third kappa shape index (κ3) is 3.70. The Hall–Kier alpha value is -1.91. The summed E-state index contributed by atoms with van der Waals surface area (Å²) in [6.45, 7) is 7.87. The van der Waals surface area contributed by atoms with Crippen LogP contribution in [0.1, 0.15) is 35.6 Å². The first kappa shape index (κ1) is 16.6. The summed E-state index contributed by atoms with van der Waals surface area (Å²) in [6, 6.07) is 13.6. The number of likely N-dealkylation sites (tertiary alicyclic amines) is 1. The Bertz CT molecular complexity index is 698. The molecule has 2 saturated heterocycles. The maximum absolute atomic E-state index is 5.46. The van der Waals surface area contributed by atoms with Crippen LogP contribution in [-0.4, -0.2) is 42.7 Å². The van der Waals surface area contributed by atoms with Crippen LogP contribution in [0.2, 0.25) is 0 Å². The molecule has 1 aromatic heterocycles. The highest BCUT2D eigenvalue weighted by Crippen LogP contribution is 2.34. The Labute approximate surface area is 150 Å². The van der Waals surface area contributed by atoms with Gasteiger partial charge in [-0.15, -0.1) is 0 Å². The van der Waals surface area contributed by atoms with E-state index in [1.54, 1.807) is 0 Å². The molecule has 0 N–H and O–H groups in total. The summed E-state index contributed by atoms with van der Waals surface area (Å²) < 4.78 is 5.46. The number of aryl methyl sites for hydroxylation is 1. The second-order valence-electron chi connectivity index (χ2n) is 7.12. The van der Waals surface area contributed by atoms with Crippen molar-refractivity contribution in [3.05, 3.63) is 59.3 Å². The average Bonchev–Trinajstić information content (AvgIpc) is 3.11. The second kappa shape index (κ2) is 7.54. The van der Waals surface area contributed by atoms with E-state index in [9.17, 15) is 0 Å². The summed E-state index contributed by atoms with van der Waals surface area (Å²) in [5, 5.41) is 0. The fourth-order valence-electron chi connectivity index (χ4n) is 4.09.